The van der Waals surface area contributed by atoms with Crippen molar-refractivity contribution >= 4 is 17.9 Å². The minimum absolute atomic E-state index is 0.0784. The Morgan fingerprint density at radius 2 is 0.597 bits per heavy atom. The molecule has 1 unspecified atom stereocenters. The molecule has 0 aromatic heterocycles. The third-order valence-electron chi connectivity index (χ3n) is 12.9. The van der Waals surface area contributed by atoms with Crippen molar-refractivity contribution in [2.45, 2.75) is 309 Å². The summed E-state index contributed by atoms with van der Waals surface area (Å²) in [4.78, 5) is 38.2. The molecule has 390 valence electrons. The molecular formula is C61H110O6. The highest BCUT2D eigenvalue weighted by Gasteiger charge is 2.19. The Labute approximate surface area is 416 Å². The summed E-state index contributed by atoms with van der Waals surface area (Å²) < 4.78 is 16.9. The molecule has 0 rings (SSSR count). The quantitative estimate of drug-likeness (QED) is 0.0199. The molecule has 6 nitrogen and oxygen atoms in total. The van der Waals surface area contributed by atoms with Crippen molar-refractivity contribution in [2.24, 2.45) is 0 Å². The maximum Gasteiger partial charge on any atom is 0.306 e. The average Bonchev–Trinajstić information content (AvgIpc) is 3.33. The summed E-state index contributed by atoms with van der Waals surface area (Å²) in [5.41, 5.74) is 0. The summed E-state index contributed by atoms with van der Waals surface area (Å²) in [6.07, 6.45) is 68.1. The molecule has 0 amide bonds. The van der Waals surface area contributed by atoms with Crippen molar-refractivity contribution in [2.75, 3.05) is 13.2 Å². The van der Waals surface area contributed by atoms with Crippen LogP contribution in [-0.2, 0) is 28.6 Å². The summed E-state index contributed by atoms with van der Waals surface area (Å²) in [6.45, 7) is 6.53. The molecule has 0 spiro atoms. The molecule has 0 saturated carbocycles. The maximum absolute atomic E-state index is 12.9. The van der Waals surface area contributed by atoms with E-state index < -0.39 is 6.10 Å². The average molecular weight is 940 g/mol. The third-order valence-corrected chi connectivity index (χ3v) is 12.9. The zero-order chi connectivity index (χ0) is 48.6. The van der Waals surface area contributed by atoms with E-state index in [9.17, 15) is 14.4 Å². The van der Waals surface area contributed by atoms with E-state index in [-0.39, 0.29) is 31.1 Å². The van der Waals surface area contributed by atoms with Crippen molar-refractivity contribution in [1.29, 1.82) is 0 Å². The van der Waals surface area contributed by atoms with Crippen LogP contribution in [0.3, 0.4) is 0 Å². The fourth-order valence-electron chi connectivity index (χ4n) is 8.50. The van der Waals surface area contributed by atoms with E-state index in [4.69, 9.17) is 14.2 Å². The molecule has 0 aromatic rings. The molecule has 6 heteroatoms. The van der Waals surface area contributed by atoms with E-state index in [1.807, 2.05) is 0 Å². The topological polar surface area (TPSA) is 78.9 Å². The summed E-state index contributed by atoms with van der Waals surface area (Å²) in [6, 6.07) is 0. The van der Waals surface area contributed by atoms with Crippen molar-refractivity contribution in [3.8, 4) is 0 Å². The molecule has 0 fully saturated rings. The zero-order valence-corrected chi connectivity index (χ0v) is 44.7. The van der Waals surface area contributed by atoms with Gasteiger partial charge in [0.1, 0.15) is 13.2 Å². The van der Waals surface area contributed by atoms with E-state index in [0.29, 0.717) is 19.3 Å². The van der Waals surface area contributed by atoms with E-state index in [1.165, 1.54) is 186 Å². The molecule has 0 aliphatic heterocycles. The van der Waals surface area contributed by atoms with Crippen LogP contribution in [0.4, 0.5) is 0 Å². The summed E-state index contributed by atoms with van der Waals surface area (Å²) in [7, 11) is 0. The van der Waals surface area contributed by atoms with Crippen LogP contribution in [0.15, 0.2) is 48.6 Å². The van der Waals surface area contributed by atoms with Gasteiger partial charge < -0.3 is 14.2 Å². The monoisotopic (exact) mass is 939 g/mol. The van der Waals surface area contributed by atoms with E-state index in [2.05, 4.69) is 69.4 Å². The third kappa shape index (κ3) is 54.2. The van der Waals surface area contributed by atoms with Crippen LogP contribution in [0.25, 0.3) is 0 Å². The van der Waals surface area contributed by atoms with Gasteiger partial charge in [0.2, 0.25) is 0 Å². The Bertz CT molecular complexity index is 1170. The Morgan fingerprint density at radius 1 is 0.313 bits per heavy atom. The maximum atomic E-state index is 12.9. The van der Waals surface area contributed by atoms with E-state index in [0.717, 1.165) is 77.0 Å². The van der Waals surface area contributed by atoms with Gasteiger partial charge in [0, 0.05) is 19.3 Å². The van der Waals surface area contributed by atoms with Gasteiger partial charge in [-0.15, -0.1) is 0 Å². The van der Waals surface area contributed by atoms with Gasteiger partial charge in [-0.2, -0.15) is 0 Å². The zero-order valence-electron chi connectivity index (χ0n) is 44.7. The molecular weight excluding hydrogens is 829 g/mol. The minimum Gasteiger partial charge on any atom is -0.462 e. The van der Waals surface area contributed by atoms with Gasteiger partial charge in [0.15, 0.2) is 6.10 Å². The van der Waals surface area contributed by atoms with Crippen molar-refractivity contribution < 1.29 is 28.6 Å². The van der Waals surface area contributed by atoms with Gasteiger partial charge in [-0.25, -0.2) is 0 Å². The van der Waals surface area contributed by atoms with Crippen molar-refractivity contribution in [3.63, 3.8) is 0 Å². The standard InChI is InChI=1S/C61H110O6/c1-4-7-10-13-16-19-22-25-28-30-31-34-36-39-42-45-48-51-54-60(63)66-57-58(56-65-59(62)53-50-47-44-41-38-35-32-27-24-21-18-15-12-9-6-3)67-61(64)55-52-49-46-43-40-37-33-29-26-23-20-17-14-11-8-5-2/h9,12,15,18,21,24,31,34,58H,4-8,10-11,13-14,16-17,19-20,22-23,25-30,32-33,35-57H2,1-3H3/b12-9-,18-15-,24-21-,34-31-. The highest BCUT2D eigenvalue weighted by molar-refractivity contribution is 5.71. The number of hydrogen-bond acceptors (Lipinski definition) is 6. The molecule has 0 radical (unpaired) electrons. The Hall–Kier alpha value is -2.63. The highest BCUT2D eigenvalue weighted by atomic mass is 16.6. The first-order valence-electron chi connectivity index (χ1n) is 29.2. The van der Waals surface area contributed by atoms with E-state index >= 15 is 0 Å². The molecule has 0 heterocycles. The van der Waals surface area contributed by atoms with Gasteiger partial charge >= 0.3 is 17.9 Å². The number of esters is 3. The largest absolute Gasteiger partial charge is 0.462 e. The second-order valence-corrected chi connectivity index (χ2v) is 19.6. The minimum atomic E-state index is -0.779. The van der Waals surface area contributed by atoms with Crippen LogP contribution in [-0.4, -0.2) is 37.2 Å². The summed E-state index contributed by atoms with van der Waals surface area (Å²) in [5.74, 6) is -0.882. The number of allylic oxidation sites excluding steroid dienone is 8. The van der Waals surface area contributed by atoms with Crippen LogP contribution in [0, 0.1) is 0 Å². The fourth-order valence-corrected chi connectivity index (χ4v) is 8.50. The second kappa shape index (κ2) is 56.0. The first kappa shape index (κ1) is 64.4. The molecule has 1 atom stereocenters. The van der Waals surface area contributed by atoms with Gasteiger partial charge in [0.25, 0.3) is 0 Å². The first-order chi connectivity index (χ1) is 33.0. The highest BCUT2D eigenvalue weighted by Crippen LogP contribution is 2.16. The Kier molecular flexibility index (Phi) is 53.8. The molecule has 0 saturated heterocycles. The number of unbranched alkanes of at least 4 members (excludes halogenated alkanes) is 36. The Morgan fingerprint density at radius 3 is 0.940 bits per heavy atom. The van der Waals surface area contributed by atoms with Crippen LogP contribution in [0.1, 0.15) is 303 Å². The predicted molar refractivity (Wildman–Crippen MR) is 289 cm³/mol. The molecule has 67 heavy (non-hydrogen) atoms. The summed E-state index contributed by atoms with van der Waals surface area (Å²) >= 11 is 0. The lowest BCUT2D eigenvalue weighted by atomic mass is 10.0. The van der Waals surface area contributed by atoms with Crippen LogP contribution in [0.5, 0.6) is 0 Å². The lowest BCUT2D eigenvalue weighted by Crippen LogP contribution is -2.30. The number of carbonyl (C=O) groups excluding carboxylic acids is 3. The molecule has 0 aliphatic carbocycles. The van der Waals surface area contributed by atoms with Gasteiger partial charge in [-0.05, 0) is 64.2 Å². The number of hydrogen-bond donors (Lipinski definition) is 0. The lowest BCUT2D eigenvalue weighted by Gasteiger charge is -2.18. The molecule has 0 bridgehead atoms. The molecule has 0 N–H and O–H groups in total. The normalized spacial score (nSPS) is 12.3. The van der Waals surface area contributed by atoms with E-state index in [1.54, 1.807) is 0 Å². The number of rotatable bonds is 53. The molecule has 0 aliphatic rings. The first-order valence-corrected chi connectivity index (χ1v) is 29.2. The Balaban J connectivity index is 4.36. The summed E-state index contributed by atoms with van der Waals surface area (Å²) in [5, 5.41) is 0. The van der Waals surface area contributed by atoms with Crippen molar-refractivity contribution in [3.05, 3.63) is 48.6 Å². The van der Waals surface area contributed by atoms with Crippen LogP contribution >= 0.6 is 0 Å². The fraction of sp³-hybridized carbons (Fsp3) is 0.820. The number of carbonyl (C=O) groups is 3. The van der Waals surface area contributed by atoms with Crippen molar-refractivity contribution in [1.82, 2.24) is 0 Å². The predicted octanol–water partition coefficient (Wildman–Crippen LogP) is 19.4. The number of ether oxygens (including phenoxy) is 3. The van der Waals surface area contributed by atoms with Crippen LogP contribution < -0.4 is 0 Å². The van der Waals surface area contributed by atoms with Crippen LogP contribution in [0.2, 0.25) is 0 Å². The second-order valence-electron chi connectivity index (χ2n) is 19.6. The van der Waals surface area contributed by atoms with Gasteiger partial charge in [-0.1, -0.05) is 268 Å². The lowest BCUT2D eigenvalue weighted by molar-refractivity contribution is -0.167. The molecule has 0 aromatic carbocycles. The van der Waals surface area contributed by atoms with Gasteiger partial charge in [-0.3, -0.25) is 14.4 Å². The van der Waals surface area contributed by atoms with Gasteiger partial charge in [0.05, 0.1) is 0 Å². The smallest absolute Gasteiger partial charge is 0.306 e. The SMILES string of the molecule is CC\C=C/C=C\C=C/CCCCCCCCCC(=O)OCC(COC(=O)CCCCCCC/C=C\CCCCCCCCCCC)OC(=O)CCCCCCCCCCCCCCCCCC.